The van der Waals surface area contributed by atoms with Gasteiger partial charge in [-0.05, 0) is 12.0 Å². The quantitative estimate of drug-likeness (QED) is 0.853. The molecule has 0 spiro atoms. The Labute approximate surface area is 100 Å². The maximum absolute atomic E-state index is 11.8. The topological polar surface area (TPSA) is 62.1 Å². The molecule has 2 rings (SSSR count). The highest BCUT2D eigenvalue weighted by Gasteiger charge is 2.25. The average molecular weight is 230 g/mol. The predicted molar refractivity (Wildman–Crippen MR) is 61.9 cm³/mol. The van der Waals surface area contributed by atoms with Crippen LogP contribution in [0.15, 0.2) is 30.3 Å². The van der Waals surface area contributed by atoms with E-state index < -0.39 is 6.04 Å². The van der Waals surface area contributed by atoms with Gasteiger partial charge >= 0.3 is 0 Å². The van der Waals surface area contributed by atoms with Crippen molar-refractivity contribution in [3.8, 4) is 6.07 Å². The summed E-state index contributed by atoms with van der Waals surface area (Å²) in [6.45, 7) is 1.08. The zero-order valence-corrected chi connectivity index (χ0v) is 9.43. The van der Waals surface area contributed by atoms with E-state index >= 15 is 0 Å². The summed E-state index contributed by atoms with van der Waals surface area (Å²) in [5.74, 6) is -0.215. The number of hydrogen-bond acceptors (Lipinski definition) is 3. The Bertz CT molecular complexity index is 419. The molecule has 1 aromatic rings. The predicted octanol–water partition coefficient (Wildman–Crippen LogP) is 1.40. The van der Waals surface area contributed by atoms with E-state index in [-0.39, 0.29) is 11.8 Å². The molecule has 88 valence electrons. The molecule has 0 aliphatic carbocycles. The molecule has 1 N–H and O–H groups in total. The highest BCUT2D eigenvalue weighted by molar-refractivity contribution is 5.79. The summed E-state index contributed by atoms with van der Waals surface area (Å²) < 4.78 is 5.16. The standard InChI is InChI=1S/C13H14N2O2/c14-8-12(10-4-2-1-3-5-10)15-13(16)11-6-7-17-9-11/h1-5,11-12H,6-7,9H2,(H,15,16). The van der Waals surface area contributed by atoms with Gasteiger partial charge in [-0.15, -0.1) is 0 Å². The van der Waals surface area contributed by atoms with Gasteiger partial charge in [-0.2, -0.15) is 5.26 Å². The fourth-order valence-electron chi connectivity index (χ4n) is 1.84. The first-order valence-corrected chi connectivity index (χ1v) is 5.64. The van der Waals surface area contributed by atoms with Crippen molar-refractivity contribution in [3.05, 3.63) is 35.9 Å². The van der Waals surface area contributed by atoms with Crippen LogP contribution >= 0.6 is 0 Å². The van der Waals surface area contributed by atoms with E-state index in [1.807, 2.05) is 30.3 Å². The first kappa shape index (κ1) is 11.6. The van der Waals surface area contributed by atoms with Gasteiger partial charge in [0.25, 0.3) is 0 Å². The maximum atomic E-state index is 11.8. The molecular weight excluding hydrogens is 216 g/mol. The molecule has 1 fully saturated rings. The van der Waals surface area contributed by atoms with Crippen molar-refractivity contribution in [2.24, 2.45) is 5.92 Å². The number of rotatable bonds is 3. The number of amides is 1. The van der Waals surface area contributed by atoms with Crippen LogP contribution in [0.1, 0.15) is 18.0 Å². The van der Waals surface area contributed by atoms with Crippen LogP contribution in [-0.4, -0.2) is 19.1 Å². The third-order valence-electron chi connectivity index (χ3n) is 2.85. The van der Waals surface area contributed by atoms with Crippen molar-refractivity contribution >= 4 is 5.91 Å². The Hall–Kier alpha value is -1.86. The highest BCUT2D eigenvalue weighted by atomic mass is 16.5. The van der Waals surface area contributed by atoms with Gasteiger partial charge in [0, 0.05) is 6.61 Å². The molecule has 1 amide bonds. The number of nitrogens with zero attached hydrogens (tertiary/aromatic N) is 1. The first-order chi connectivity index (χ1) is 8.31. The smallest absolute Gasteiger partial charge is 0.226 e. The molecular formula is C13H14N2O2. The Morgan fingerprint density at radius 1 is 1.47 bits per heavy atom. The Kier molecular flexibility index (Phi) is 3.73. The number of benzene rings is 1. The third kappa shape index (κ3) is 2.83. The summed E-state index contributed by atoms with van der Waals surface area (Å²) in [5, 5.41) is 11.8. The summed E-state index contributed by atoms with van der Waals surface area (Å²) >= 11 is 0. The van der Waals surface area contributed by atoms with Crippen molar-refractivity contribution < 1.29 is 9.53 Å². The molecule has 4 heteroatoms. The maximum Gasteiger partial charge on any atom is 0.226 e. The molecule has 4 nitrogen and oxygen atoms in total. The largest absolute Gasteiger partial charge is 0.381 e. The number of carbonyl (C=O) groups is 1. The molecule has 0 bridgehead atoms. The number of hydrogen-bond donors (Lipinski definition) is 1. The zero-order chi connectivity index (χ0) is 12.1. The Balaban J connectivity index is 2.01. The van der Waals surface area contributed by atoms with E-state index in [9.17, 15) is 4.79 Å². The molecule has 1 heterocycles. The van der Waals surface area contributed by atoms with Crippen molar-refractivity contribution in [2.45, 2.75) is 12.5 Å². The lowest BCUT2D eigenvalue weighted by molar-refractivity contribution is -0.125. The SMILES string of the molecule is N#CC(NC(=O)C1CCOC1)c1ccccc1. The average Bonchev–Trinajstić information content (AvgIpc) is 2.90. The lowest BCUT2D eigenvalue weighted by atomic mass is 10.1. The molecule has 0 saturated carbocycles. The normalized spacial score (nSPS) is 20.5. The third-order valence-corrected chi connectivity index (χ3v) is 2.85. The summed E-state index contributed by atoms with van der Waals surface area (Å²) in [6.07, 6.45) is 0.735. The second-order valence-electron chi connectivity index (χ2n) is 4.04. The number of ether oxygens (including phenoxy) is 1. The van der Waals surface area contributed by atoms with Gasteiger partial charge in [-0.25, -0.2) is 0 Å². The van der Waals surface area contributed by atoms with Crippen molar-refractivity contribution in [2.75, 3.05) is 13.2 Å². The summed E-state index contributed by atoms with van der Waals surface area (Å²) in [5.41, 5.74) is 0.808. The van der Waals surface area contributed by atoms with Crippen molar-refractivity contribution in [3.63, 3.8) is 0 Å². The van der Waals surface area contributed by atoms with E-state index in [2.05, 4.69) is 11.4 Å². The second-order valence-corrected chi connectivity index (χ2v) is 4.04. The van der Waals surface area contributed by atoms with E-state index in [1.165, 1.54) is 0 Å². The highest BCUT2D eigenvalue weighted by Crippen LogP contribution is 2.16. The van der Waals surface area contributed by atoms with Gasteiger partial charge < -0.3 is 10.1 Å². The lowest BCUT2D eigenvalue weighted by Crippen LogP contribution is -2.33. The molecule has 0 aromatic heterocycles. The molecule has 1 aliphatic rings. The van der Waals surface area contributed by atoms with Crippen LogP contribution in [0.3, 0.4) is 0 Å². The van der Waals surface area contributed by atoms with E-state index in [1.54, 1.807) is 0 Å². The fourth-order valence-corrected chi connectivity index (χ4v) is 1.84. The van der Waals surface area contributed by atoms with Crippen molar-refractivity contribution in [1.29, 1.82) is 5.26 Å². The summed E-state index contributed by atoms with van der Waals surface area (Å²) in [6, 6.07) is 10.8. The molecule has 17 heavy (non-hydrogen) atoms. The minimum absolute atomic E-state index is 0.0992. The summed E-state index contributed by atoms with van der Waals surface area (Å²) in [7, 11) is 0. The van der Waals surface area contributed by atoms with Gasteiger partial charge in [0.1, 0.15) is 6.04 Å². The van der Waals surface area contributed by atoms with Gasteiger partial charge in [0.15, 0.2) is 0 Å². The van der Waals surface area contributed by atoms with E-state index in [0.29, 0.717) is 13.2 Å². The Morgan fingerprint density at radius 3 is 2.82 bits per heavy atom. The minimum Gasteiger partial charge on any atom is -0.381 e. The van der Waals surface area contributed by atoms with Gasteiger partial charge in [-0.3, -0.25) is 4.79 Å². The van der Waals surface area contributed by atoms with Gasteiger partial charge in [0.05, 0.1) is 18.6 Å². The molecule has 0 radical (unpaired) electrons. The number of nitriles is 1. The van der Waals surface area contributed by atoms with E-state index in [4.69, 9.17) is 10.00 Å². The fraction of sp³-hybridized carbons (Fsp3) is 0.385. The lowest BCUT2D eigenvalue weighted by Gasteiger charge is -2.14. The summed E-state index contributed by atoms with van der Waals surface area (Å²) in [4.78, 5) is 11.8. The van der Waals surface area contributed by atoms with Crippen LogP contribution in [0.25, 0.3) is 0 Å². The van der Waals surface area contributed by atoms with Crippen LogP contribution < -0.4 is 5.32 Å². The van der Waals surface area contributed by atoms with Crippen LogP contribution in [0.2, 0.25) is 0 Å². The molecule has 1 aromatic carbocycles. The minimum atomic E-state index is -0.579. The molecule has 1 saturated heterocycles. The zero-order valence-electron chi connectivity index (χ0n) is 9.43. The molecule has 1 aliphatic heterocycles. The first-order valence-electron chi connectivity index (χ1n) is 5.64. The number of carbonyl (C=O) groups excluding carboxylic acids is 1. The monoisotopic (exact) mass is 230 g/mol. The molecule has 2 atom stereocenters. The van der Waals surface area contributed by atoms with Crippen molar-refractivity contribution in [1.82, 2.24) is 5.32 Å². The van der Waals surface area contributed by atoms with E-state index in [0.717, 1.165) is 12.0 Å². The van der Waals surface area contributed by atoms with Gasteiger partial charge in [0.2, 0.25) is 5.91 Å². The molecule has 2 unspecified atom stereocenters. The number of nitrogens with one attached hydrogen (secondary N) is 1. The van der Waals surface area contributed by atoms with Crippen LogP contribution in [0.5, 0.6) is 0 Å². The van der Waals surface area contributed by atoms with Crippen LogP contribution in [0, 0.1) is 17.2 Å². The van der Waals surface area contributed by atoms with Crippen LogP contribution in [0.4, 0.5) is 0 Å². The second kappa shape index (κ2) is 5.46. The van der Waals surface area contributed by atoms with Crippen LogP contribution in [-0.2, 0) is 9.53 Å². The van der Waals surface area contributed by atoms with Gasteiger partial charge in [-0.1, -0.05) is 30.3 Å². The Morgan fingerprint density at radius 2 is 2.24 bits per heavy atom.